The van der Waals surface area contributed by atoms with Crippen molar-refractivity contribution in [2.45, 2.75) is 30.7 Å². The van der Waals surface area contributed by atoms with Crippen molar-refractivity contribution in [3.05, 3.63) is 29.7 Å². The summed E-state index contributed by atoms with van der Waals surface area (Å²) in [4.78, 5) is 11.1. The van der Waals surface area contributed by atoms with Crippen LogP contribution in [0.4, 0.5) is 5.82 Å². The number of H-pyrrole nitrogens is 1. The number of sulfonamides is 1. The van der Waals surface area contributed by atoms with Gasteiger partial charge >= 0.3 is 5.97 Å². The maximum Gasteiger partial charge on any atom is 0.352 e. The molecule has 1 saturated carbocycles. The monoisotopic (exact) mass is 310 g/mol. The number of aromatic amines is 1. The summed E-state index contributed by atoms with van der Waals surface area (Å²) in [7, 11) is -3.86. The Hall–Kier alpha value is -2.29. The lowest BCUT2D eigenvalue weighted by molar-refractivity contribution is 0.0685. The molecule has 0 spiro atoms. The van der Waals surface area contributed by atoms with Crippen LogP contribution in [0.25, 0.3) is 0 Å². The first-order valence-corrected chi connectivity index (χ1v) is 7.85. The Morgan fingerprint density at radius 3 is 2.71 bits per heavy atom. The Bertz CT molecular complexity index is 801. The van der Waals surface area contributed by atoms with Gasteiger partial charge in [-0.05, 0) is 25.8 Å². The number of anilines is 1. The number of nitrogens with zero attached hydrogens (tertiary/aromatic N) is 2. The molecule has 0 bridgehead atoms. The number of carboxylic acid groups (broad SMARTS) is 1. The fraction of sp³-hybridized carbons (Fsp3) is 0.333. The van der Waals surface area contributed by atoms with E-state index in [-0.39, 0.29) is 22.4 Å². The number of hydrogen-bond donors (Lipinski definition) is 3. The van der Waals surface area contributed by atoms with Crippen LogP contribution in [0.15, 0.2) is 23.2 Å². The first-order chi connectivity index (χ1) is 9.87. The second-order valence-electron chi connectivity index (χ2n) is 5.05. The van der Waals surface area contributed by atoms with Crippen LogP contribution in [-0.2, 0) is 10.0 Å². The molecular formula is C12H14N4O4S. The van der Waals surface area contributed by atoms with Gasteiger partial charge in [0.05, 0.1) is 0 Å². The molecule has 0 aromatic carbocycles. The lowest BCUT2D eigenvalue weighted by Gasteiger charge is -2.03. The van der Waals surface area contributed by atoms with Gasteiger partial charge in [0.1, 0.15) is 10.6 Å². The van der Waals surface area contributed by atoms with Gasteiger partial charge in [-0.25, -0.2) is 13.2 Å². The minimum Gasteiger partial charge on any atom is -0.477 e. The molecule has 0 aliphatic heterocycles. The van der Waals surface area contributed by atoms with Crippen LogP contribution in [0.3, 0.4) is 0 Å². The van der Waals surface area contributed by atoms with Crippen molar-refractivity contribution in [2.75, 3.05) is 4.72 Å². The van der Waals surface area contributed by atoms with Gasteiger partial charge in [0.2, 0.25) is 0 Å². The molecule has 0 atom stereocenters. The van der Waals surface area contributed by atoms with Gasteiger partial charge in [0.15, 0.2) is 5.82 Å². The minimum absolute atomic E-state index is 0.0175. The van der Waals surface area contributed by atoms with Crippen molar-refractivity contribution < 1.29 is 18.3 Å². The van der Waals surface area contributed by atoms with Gasteiger partial charge < -0.3 is 9.67 Å². The van der Waals surface area contributed by atoms with Crippen molar-refractivity contribution >= 4 is 21.8 Å². The molecular weight excluding hydrogens is 296 g/mol. The zero-order chi connectivity index (χ0) is 15.2. The van der Waals surface area contributed by atoms with Crippen molar-refractivity contribution in [2.24, 2.45) is 0 Å². The number of aromatic nitrogens is 3. The van der Waals surface area contributed by atoms with Gasteiger partial charge in [-0.3, -0.25) is 9.82 Å². The van der Waals surface area contributed by atoms with E-state index in [1.54, 1.807) is 13.0 Å². The lowest BCUT2D eigenvalue weighted by atomic mass is 10.4. The molecule has 0 saturated heterocycles. The van der Waals surface area contributed by atoms with Crippen LogP contribution in [0.2, 0.25) is 0 Å². The molecule has 2 aromatic rings. The largest absolute Gasteiger partial charge is 0.477 e. The summed E-state index contributed by atoms with van der Waals surface area (Å²) in [5.74, 6) is -0.970. The second-order valence-corrected chi connectivity index (χ2v) is 6.73. The summed E-state index contributed by atoms with van der Waals surface area (Å²) in [6.07, 6.45) is 3.09. The zero-order valence-corrected chi connectivity index (χ0v) is 12.0. The molecule has 0 unspecified atom stereocenters. The average molecular weight is 310 g/mol. The third-order valence-corrected chi connectivity index (χ3v) is 4.56. The highest BCUT2D eigenvalue weighted by atomic mass is 32.2. The average Bonchev–Trinajstić information content (AvgIpc) is 2.99. The van der Waals surface area contributed by atoms with Crippen LogP contribution in [0.5, 0.6) is 0 Å². The summed E-state index contributed by atoms with van der Waals surface area (Å²) in [5, 5.41) is 15.6. The quantitative estimate of drug-likeness (QED) is 0.770. The van der Waals surface area contributed by atoms with Crippen molar-refractivity contribution in [3.63, 3.8) is 0 Å². The SMILES string of the molecule is Cc1cc(NS(=O)(=O)c2cc(C(=O)O)n(C3CC3)c2)n[nH]1. The highest BCUT2D eigenvalue weighted by molar-refractivity contribution is 7.92. The zero-order valence-electron chi connectivity index (χ0n) is 11.2. The summed E-state index contributed by atoms with van der Waals surface area (Å²) >= 11 is 0. The molecule has 2 aromatic heterocycles. The van der Waals surface area contributed by atoms with E-state index in [0.29, 0.717) is 0 Å². The molecule has 3 N–H and O–H groups in total. The molecule has 112 valence electrons. The first kappa shape index (κ1) is 13.7. The number of hydrogen-bond acceptors (Lipinski definition) is 4. The Balaban J connectivity index is 1.95. The predicted molar refractivity (Wildman–Crippen MR) is 73.8 cm³/mol. The molecule has 1 aliphatic carbocycles. The third-order valence-electron chi connectivity index (χ3n) is 3.24. The minimum atomic E-state index is -3.86. The Kier molecular flexibility index (Phi) is 3.01. The second kappa shape index (κ2) is 4.62. The number of nitrogens with one attached hydrogen (secondary N) is 2. The van der Waals surface area contributed by atoms with E-state index in [2.05, 4.69) is 14.9 Å². The van der Waals surface area contributed by atoms with Crippen molar-refractivity contribution in [3.8, 4) is 0 Å². The van der Waals surface area contributed by atoms with Gasteiger partial charge in [0.25, 0.3) is 10.0 Å². The molecule has 3 rings (SSSR count). The van der Waals surface area contributed by atoms with E-state index in [9.17, 15) is 13.2 Å². The maximum absolute atomic E-state index is 12.3. The van der Waals surface area contributed by atoms with E-state index < -0.39 is 16.0 Å². The highest BCUT2D eigenvalue weighted by Crippen LogP contribution is 2.37. The fourth-order valence-electron chi connectivity index (χ4n) is 2.09. The molecule has 0 radical (unpaired) electrons. The smallest absolute Gasteiger partial charge is 0.352 e. The summed E-state index contributed by atoms with van der Waals surface area (Å²) in [6, 6.07) is 2.79. The van der Waals surface area contributed by atoms with Gasteiger partial charge in [-0.1, -0.05) is 0 Å². The normalized spacial score (nSPS) is 15.1. The third kappa shape index (κ3) is 2.64. The Morgan fingerprint density at radius 2 is 2.19 bits per heavy atom. The summed E-state index contributed by atoms with van der Waals surface area (Å²) < 4.78 is 28.4. The topological polar surface area (TPSA) is 117 Å². The molecule has 21 heavy (non-hydrogen) atoms. The van der Waals surface area contributed by atoms with E-state index in [0.717, 1.165) is 18.5 Å². The van der Waals surface area contributed by atoms with Crippen molar-refractivity contribution in [1.82, 2.24) is 14.8 Å². The Labute approximate surface area is 120 Å². The van der Waals surface area contributed by atoms with E-state index in [1.165, 1.54) is 16.8 Å². The molecule has 9 heteroatoms. The highest BCUT2D eigenvalue weighted by Gasteiger charge is 2.30. The number of aromatic carboxylic acids is 1. The number of carbonyl (C=O) groups is 1. The lowest BCUT2D eigenvalue weighted by Crippen LogP contribution is -2.12. The number of rotatable bonds is 5. The van der Waals surface area contributed by atoms with Crippen molar-refractivity contribution in [1.29, 1.82) is 0 Å². The summed E-state index contributed by atoms with van der Waals surface area (Å²) in [6.45, 7) is 1.75. The van der Waals surface area contributed by atoms with Crippen LogP contribution in [0.1, 0.15) is 35.1 Å². The number of carboxylic acids is 1. The van der Waals surface area contributed by atoms with Gasteiger partial charge in [-0.2, -0.15) is 5.10 Å². The molecule has 8 nitrogen and oxygen atoms in total. The molecule has 1 aliphatic rings. The molecule has 1 fully saturated rings. The van der Waals surface area contributed by atoms with Crippen LogP contribution in [-0.4, -0.2) is 34.3 Å². The predicted octanol–water partition coefficient (Wildman–Crippen LogP) is 1.35. The molecule has 0 amide bonds. The van der Waals surface area contributed by atoms with Crippen LogP contribution >= 0.6 is 0 Å². The Morgan fingerprint density at radius 1 is 1.48 bits per heavy atom. The van der Waals surface area contributed by atoms with Crippen LogP contribution in [0, 0.1) is 6.92 Å². The summed E-state index contributed by atoms with van der Waals surface area (Å²) in [5.41, 5.74) is 0.700. The van der Waals surface area contributed by atoms with E-state index >= 15 is 0 Å². The number of aryl methyl sites for hydroxylation is 1. The fourth-order valence-corrected chi connectivity index (χ4v) is 3.11. The standard InChI is InChI=1S/C12H14N4O4S/c1-7-4-11(14-13-7)15-21(19,20)9-5-10(12(17)18)16(6-9)8-2-3-8/h4-6,8H,2-3H2,1H3,(H,17,18)(H2,13,14,15). The van der Waals surface area contributed by atoms with Gasteiger partial charge in [-0.15, -0.1) is 0 Å². The van der Waals surface area contributed by atoms with E-state index in [1.807, 2.05) is 0 Å². The van der Waals surface area contributed by atoms with Gasteiger partial charge in [0, 0.05) is 24.0 Å². The van der Waals surface area contributed by atoms with E-state index in [4.69, 9.17) is 5.11 Å². The van der Waals surface area contributed by atoms with Crippen LogP contribution < -0.4 is 4.72 Å². The molecule has 2 heterocycles. The maximum atomic E-state index is 12.3. The first-order valence-electron chi connectivity index (χ1n) is 6.37.